The van der Waals surface area contributed by atoms with Gasteiger partial charge in [0.2, 0.25) is 5.91 Å². The highest BCUT2D eigenvalue weighted by atomic mass is 35.5. The van der Waals surface area contributed by atoms with Gasteiger partial charge in [-0.15, -0.1) is 11.3 Å². The second-order valence-corrected chi connectivity index (χ2v) is 8.33. The van der Waals surface area contributed by atoms with Gasteiger partial charge in [-0.3, -0.25) is 9.69 Å². The van der Waals surface area contributed by atoms with Crippen LogP contribution in [0.5, 0.6) is 5.75 Å². The number of carbonyl (C=O) groups excluding carboxylic acids is 1. The van der Waals surface area contributed by atoms with Crippen LogP contribution in [-0.2, 0) is 11.3 Å². The number of hydrogen-bond acceptors (Lipinski definition) is 4. The summed E-state index contributed by atoms with van der Waals surface area (Å²) in [5, 5.41) is 3.21. The number of methoxy groups -OCH3 is 1. The molecule has 134 valence electrons. The number of hydrogen-bond donors (Lipinski definition) is 1. The van der Waals surface area contributed by atoms with Gasteiger partial charge in [-0.05, 0) is 55.6 Å². The second-order valence-electron chi connectivity index (χ2n) is 6.53. The minimum Gasteiger partial charge on any atom is -0.497 e. The van der Waals surface area contributed by atoms with E-state index in [9.17, 15) is 4.79 Å². The molecule has 1 aliphatic rings. The lowest BCUT2D eigenvalue weighted by molar-refractivity contribution is -0.123. The molecule has 1 fully saturated rings. The first kappa shape index (κ1) is 18.2. The zero-order valence-electron chi connectivity index (χ0n) is 14.5. The molecular weight excluding hydrogens is 356 g/mol. The monoisotopic (exact) mass is 378 g/mol. The van der Waals surface area contributed by atoms with Gasteiger partial charge < -0.3 is 10.1 Å². The summed E-state index contributed by atoms with van der Waals surface area (Å²) in [5.41, 5.74) is 1.14. The van der Waals surface area contributed by atoms with Gasteiger partial charge in [0.1, 0.15) is 5.75 Å². The number of halogens is 1. The van der Waals surface area contributed by atoms with Crippen LogP contribution in [0.1, 0.15) is 29.3 Å². The van der Waals surface area contributed by atoms with Crippen LogP contribution < -0.4 is 10.1 Å². The van der Waals surface area contributed by atoms with Crippen molar-refractivity contribution in [3.63, 3.8) is 0 Å². The molecule has 25 heavy (non-hydrogen) atoms. The van der Waals surface area contributed by atoms with E-state index in [0.717, 1.165) is 27.1 Å². The van der Waals surface area contributed by atoms with E-state index in [1.807, 2.05) is 48.3 Å². The van der Waals surface area contributed by atoms with Crippen LogP contribution in [0.25, 0.3) is 0 Å². The number of nitrogens with one attached hydrogen (secondary N) is 1. The molecule has 1 atom stereocenters. The van der Waals surface area contributed by atoms with Gasteiger partial charge in [0.15, 0.2) is 0 Å². The molecule has 2 aromatic rings. The van der Waals surface area contributed by atoms with E-state index < -0.39 is 0 Å². The summed E-state index contributed by atoms with van der Waals surface area (Å²) >= 11 is 7.51. The van der Waals surface area contributed by atoms with Crippen LogP contribution >= 0.6 is 22.9 Å². The highest BCUT2D eigenvalue weighted by Crippen LogP contribution is 2.41. The number of rotatable bonds is 8. The van der Waals surface area contributed by atoms with Crippen LogP contribution in [-0.4, -0.2) is 31.5 Å². The number of ether oxygens (including phenoxy) is 1. The first-order valence-electron chi connectivity index (χ1n) is 8.41. The Kier molecular flexibility index (Phi) is 5.99. The third-order valence-corrected chi connectivity index (χ3v) is 5.57. The smallest absolute Gasteiger partial charge is 0.234 e. The molecule has 0 spiro atoms. The zero-order chi connectivity index (χ0) is 17.8. The Morgan fingerprint density at radius 3 is 2.60 bits per heavy atom. The zero-order valence-corrected chi connectivity index (χ0v) is 16.1. The van der Waals surface area contributed by atoms with Crippen LogP contribution in [0.2, 0.25) is 4.34 Å². The van der Waals surface area contributed by atoms with Crippen molar-refractivity contribution in [2.45, 2.75) is 25.4 Å². The van der Waals surface area contributed by atoms with E-state index in [0.29, 0.717) is 12.5 Å². The number of thiophene rings is 1. The molecular formula is C19H23ClN2O2S. The molecule has 4 nitrogen and oxygen atoms in total. The summed E-state index contributed by atoms with van der Waals surface area (Å²) in [5.74, 6) is 1.43. The molecule has 1 aliphatic carbocycles. The van der Waals surface area contributed by atoms with E-state index in [-0.39, 0.29) is 11.9 Å². The van der Waals surface area contributed by atoms with E-state index in [4.69, 9.17) is 16.3 Å². The highest BCUT2D eigenvalue weighted by Gasteiger charge is 2.33. The van der Waals surface area contributed by atoms with Crippen LogP contribution in [0.4, 0.5) is 0 Å². The molecule has 0 bridgehead atoms. The Labute approximate surface area is 157 Å². The number of nitrogens with zero attached hydrogens (tertiary/aromatic N) is 1. The van der Waals surface area contributed by atoms with Crippen molar-refractivity contribution in [3.05, 3.63) is 51.2 Å². The lowest BCUT2D eigenvalue weighted by atomic mass is 10.0. The molecule has 0 radical (unpaired) electrons. The molecule has 6 heteroatoms. The topological polar surface area (TPSA) is 41.6 Å². The molecule has 3 rings (SSSR count). The summed E-state index contributed by atoms with van der Waals surface area (Å²) in [7, 11) is 3.61. The molecule has 1 heterocycles. The number of amides is 1. The van der Waals surface area contributed by atoms with Gasteiger partial charge in [-0.25, -0.2) is 0 Å². The van der Waals surface area contributed by atoms with E-state index >= 15 is 0 Å². The molecule has 1 saturated carbocycles. The third kappa shape index (κ3) is 5.21. The van der Waals surface area contributed by atoms with Crippen molar-refractivity contribution < 1.29 is 9.53 Å². The van der Waals surface area contributed by atoms with E-state index in [1.54, 1.807) is 18.4 Å². The molecule has 0 aliphatic heterocycles. The van der Waals surface area contributed by atoms with Gasteiger partial charge in [-0.1, -0.05) is 23.7 Å². The lowest BCUT2D eigenvalue weighted by Crippen LogP contribution is -2.37. The average molecular weight is 379 g/mol. The van der Waals surface area contributed by atoms with Gasteiger partial charge in [0.05, 0.1) is 24.0 Å². The Bertz CT molecular complexity index is 712. The van der Waals surface area contributed by atoms with Gasteiger partial charge in [0, 0.05) is 11.4 Å². The standard InChI is InChI=1S/C19H23ClN2O2S/c1-22(11-16-9-10-17(20)25-16)12-18(23)21-19(13-3-4-13)14-5-7-15(24-2)8-6-14/h5-10,13,19H,3-4,11-12H2,1-2H3,(H,21,23). The van der Waals surface area contributed by atoms with Crippen LogP contribution in [0, 0.1) is 5.92 Å². The van der Waals surface area contributed by atoms with E-state index in [2.05, 4.69) is 5.32 Å². The maximum atomic E-state index is 12.5. The Morgan fingerprint density at radius 2 is 2.04 bits per heavy atom. The maximum Gasteiger partial charge on any atom is 0.234 e. The van der Waals surface area contributed by atoms with Crippen molar-refractivity contribution in [1.29, 1.82) is 0 Å². The summed E-state index contributed by atoms with van der Waals surface area (Å²) < 4.78 is 5.99. The fraction of sp³-hybridized carbons (Fsp3) is 0.421. The van der Waals surface area contributed by atoms with Crippen molar-refractivity contribution in [2.75, 3.05) is 20.7 Å². The molecule has 1 amide bonds. The van der Waals surface area contributed by atoms with E-state index in [1.165, 1.54) is 12.8 Å². The molecule has 1 N–H and O–H groups in total. The third-order valence-electron chi connectivity index (χ3n) is 4.35. The fourth-order valence-electron chi connectivity index (χ4n) is 2.94. The molecule has 1 unspecified atom stereocenters. The summed E-state index contributed by atoms with van der Waals surface area (Å²) in [6.07, 6.45) is 2.33. The van der Waals surface area contributed by atoms with Crippen molar-refractivity contribution >= 4 is 28.8 Å². The largest absolute Gasteiger partial charge is 0.497 e. The SMILES string of the molecule is COc1ccc(C(NC(=O)CN(C)Cc2ccc(Cl)s2)C2CC2)cc1. The summed E-state index contributed by atoms with van der Waals surface area (Å²) in [6.45, 7) is 1.09. The highest BCUT2D eigenvalue weighted by molar-refractivity contribution is 7.16. The average Bonchev–Trinajstić information content (AvgIpc) is 3.35. The molecule has 0 saturated heterocycles. The first-order chi connectivity index (χ1) is 12.0. The summed E-state index contributed by atoms with van der Waals surface area (Å²) in [6, 6.07) is 12.0. The Morgan fingerprint density at radius 1 is 1.32 bits per heavy atom. The predicted molar refractivity (Wildman–Crippen MR) is 102 cm³/mol. The van der Waals surface area contributed by atoms with Gasteiger partial charge in [-0.2, -0.15) is 0 Å². The van der Waals surface area contributed by atoms with Gasteiger partial charge in [0.25, 0.3) is 0 Å². The molecule has 1 aromatic heterocycles. The number of likely N-dealkylation sites (N-methyl/N-ethyl adjacent to an activating group) is 1. The number of benzene rings is 1. The Hall–Kier alpha value is -1.56. The first-order valence-corrected chi connectivity index (χ1v) is 9.60. The quantitative estimate of drug-likeness (QED) is 0.751. The predicted octanol–water partition coefficient (Wildman–Crippen LogP) is 4.11. The minimum absolute atomic E-state index is 0.0536. The van der Waals surface area contributed by atoms with Crippen molar-refractivity contribution in [2.24, 2.45) is 5.92 Å². The van der Waals surface area contributed by atoms with Crippen molar-refractivity contribution in [1.82, 2.24) is 10.2 Å². The van der Waals surface area contributed by atoms with Gasteiger partial charge >= 0.3 is 0 Å². The van der Waals surface area contributed by atoms with Crippen LogP contribution in [0.3, 0.4) is 0 Å². The fourth-order valence-corrected chi connectivity index (χ4v) is 4.10. The number of carbonyl (C=O) groups is 1. The normalized spacial score (nSPS) is 15.2. The lowest BCUT2D eigenvalue weighted by Gasteiger charge is -2.21. The minimum atomic E-state index is 0.0536. The van der Waals surface area contributed by atoms with Crippen LogP contribution in [0.15, 0.2) is 36.4 Å². The molecule has 1 aromatic carbocycles. The maximum absolute atomic E-state index is 12.5. The van der Waals surface area contributed by atoms with Crippen molar-refractivity contribution in [3.8, 4) is 5.75 Å². The second kappa shape index (κ2) is 8.21. The summed E-state index contributed by atoms with van der Waals surface area (Å²) in [4.78, 5) is 15.7. The Balaban J connectivity index is 1.57.